The van der Waals surface area contributed by atoms with E-state index in [0.29, 0.717) is 5.92 Å². The highest BCUT2D eigenvalue weighted by Crippen LogP contribution is 2.56. The van der Waals surface area contributed by atoms with E-state index in [1.807, 2.05) is 0 Å². The Hall–Kier alpha value is -12.4. The Labute approximate surface area is 640 Å². The average Bonchev–Trinajstić information content (AvgIpc) is 1.26. The summed E-state index contributed by atoms with van der Waals surface area (Å²) in [6, 6.07) is 130. The molecule has 0 N–H and O–H groups in total. The Morgan fingerprint density at radius 3 is 0.963 bits per heavy atom. The van der Waals surface area contributed by atoms with Gasteiger partial charge >= 0.3 is 0 Å². The molecule has 1 aliphatic carbocycles. The summed E-state index contributed by atoms with van der Waals surface area (Å²) >= 11 is 0. The van der Waals surface area contributed by atoms with E-state index in [2.05, 4.69) is 400 Å². The number of rotatable bonds is 11. The average molecular weight is 1400 g/mol. The van der Waals surface area contributed by atoms with E-state index in [-0.39, 0.29) is 17.5 Å². The molecule has 0 spiro atoms. The van der Waals surface area contributed by atoms with Crippen LogP contribution in [0.25, 0.3) is 122 Å². The van der Waals surface area contributed by atoms with Crippen LogP contribution in [0, 0.1) is 0 Å². The normalized spacial score (nSPS) is 13.7. The number of nitrogens with zero attached hydrogens (tertiary/aromatic N) is 4. The topological polar surface area (TPSA) is 16.3 Å². The molecule has 2 aromatic heterocycles. The molecule has 5 heteroatoms. The largest absolute Gasteiger partial charge is 0.310 e. The van der Waals surface area contributed by atoms with E-state index in [9.17, 15) is 0 Å². The molecule has 3 aliphatic rings. The van der Waals surface area contributed by atoms with E-state index in [1.165, 1.54) is 174 Å². The van der Waals surface area contributed by atoms with E-state index < -0.39 is 0 Å². The maximum Gasteiger partial charge on any atom is 0.252 e. The van der Waals surface area contributed by atoms with Gasteiger partial charge in [0.2, 0.25) is 0 Å². The van der Waals surface area contributed by atoms with Gasteiger partial charge in [0.1, 0.15) is 0 Å². The smallest absolute Gasteiger partial charge is 0.252 e. The van der Waals surface area contributed by atoms with Crippen LogP contribution in [0.1, 0.15) is 96.3 Å². The van der Waals surface area contributed by atoms with Crippen LogP contribution in [0.2, 0.25) is 0 Å². The number of para-hydroxylation sites is 2. The van der Waals surface area contributed by atoms with Crippen molar-refractivity contribution in [1.29, 1.82) is 0 Å². The van der Waals surface area contributed by atoms with Crippen molar-refractivity contribution in [2.75, 3.05) is 9.80 Å². The zero-order valence-corrected chi connectivity index (χ0v) is 62.8. The number of hydrogen-bond donors (Lipinski definition) is 0. The lowest BCUT2D eigenvalue weighted by Gasteiger charge is -2.46. The molecule has 17 aromatic rings. The summed E-state index contributed by atoms with van der Waals surface area (Å²) in [7, 11) is 0. The van der Waals surface area contributed by atoms with Crippen molar-refractivity contribution < 1.29 is 0 Å². The van der Waals surface area contributed by atoms with Crippen molar-refractivity contribution in [1.82, 2.24) is 9.13 Å². The van der Waals surface area contributed by atoms with Gasteiger partial charge in [-0.3, -0.25) is 0 Å². The molecule has 15 aromatic carbocycles. The Kier molecular flexibility index (Phi) is 15.9. The number of hydrogen-bond acceptors (Lipinski definition) is 2. The molecule has 0 bridgehead atoms. The van der Waals surface area contributed by atoms with Gasteiger partial charge in [-0.25, -0.2) is 0 Å². The van der Waals surface area contributed by atoms with Crippen molar-refractivity contribution in [2.45, 2.75) is 90.4 Å². The SMILES string of the molecule is CC(C)(C)c1cc(-c2ccccc2)c(N2c3cc(-n4c5ccccc5c5ccccc54)ccc3B3c4ccc(-n5c6ccc(-c7ccccc7)cc6c6cc(-c7ccccc7)ccc65)cc4N(c4c(-c5ccccc5)cc(C(C)(C)C)cc4-c4ccccc4)c4cc(C5CCCCC5)cc2c43)c(-c2ccccc2)c1. The predicted molar refractivity (Wildman–Crippen MR) is 465 cm³/mol. The molecule has 0 saturated heterocycles. The summed E-state index contributed by atoms with van der Waals surface area (Å²) in [6.07, 6.45) is 5.88. The summed E-state index contributed by atoms with van der Waals surface area (Å²) in [5.41, 5.74) is 35.6. The first-order chi connectivity index (χ1) is 53.4. The molecular formula is C104H85BN4. The molecule has 524 valence electrons. The van der Waals surface area contributed by atoms with Crippen molar-refractivity contribution in [3.63, 3.8) is 0 Å². The molecule has 0 unspecified atom stereocenters. The van der Waals surface area contributed by atoms with E-state index in [4.69, 9.17) is 0 Å². The highest BCUT2D eigenvalue weighted by atomic mass is 15.2. The summed E-state index contributed by atoms with van der Waals surface area (Å²) < 4.78 is 5.09. The zero-order chi connectivity index (χ0) is 73.2. The van der Waals surface area contributed by atoms with Gasteiger partial charge in [0.05, 0.1) is 33.4 Å². The van der Waals surface area contributed by atoms with Gasteiger partial charge < -0.3 is 18.9 Å². The highest BCUT2D eigenvalue weighted by molar-refractivity contribution is 7.00. The second-order valence-corrected chi connectivity index (χ2v) is 32.6. The Morgan fingerprint density at radius 2 is 0.606 bits per heavy atom. The first kappa shape index (κ1) is 66.0. The summed E-state index contributed by atoms with van der Waals surface area (Å²) in [5.74, 6) is 0.325. The van der Waals surface area contributed by atoms with Gasteiger partial charge in [-0.15, -0.1) is 0 Å². The van der Waals surface area contributed by atoms with Crippen LogP contribution in [0.15, 0.2) is 340 Å². The molecule has 0 atom stereocenters. The molecule has 4 heterocycles. The van der Waals surface area contributed by atoms with E-state index in [0.717, 1.165) is 46.6 Å². The van der Waals surface area contributed by atoms with Gasteiger partial charge in [-0.1, -0.05) is 303 Å². The summed E-state index contributed by atoms with van der Waals surface area (Å²) in [4.78, 5) is 5.58. The fraction of sp³-hybridized carbons (Fsp3) is 0.135. The standard InChI is InChI=1S/C104H85BN4/c1-103(2,3)78-62-84(71-38-20-10-21-39-71)101(85(63-78)72-40-22-11-23-41-72)108-96-66-80(106-92-48-30-28-46-82(92)83-47-29-31-49-93(83)106)52-54-90(96)105-91-55-53-81(107-94-56-50-75(68-32-14-7-15-33-68)58-88(94)89-59-76(51-57-95(89)107)69-34-16-8-17-35-69)67-97(91)109(99-61-77(60-98(108)100(99)105)70-36-18-9-19-37-70)102-86(73-42-24-12-25-43-73)64-79(104(4,5)6)65-87(102)74-44-26-13-27-45-74/h7-8,10-17,20-35,38-67,70H,9,18-19,36-37H2,1-6H3. The third kappa shape index (κ3) is 11.2. The molecule has 1 saturated carbocycles. The van der Waals surface area contributed by atoms with Crippen molar-refractivity contribution >= 4 is 101 Å². The van der Waals surface area contributed by atoms with Crippen LogP contribution in [0.3, 0.4) is 0 Å². The van der Waals surface area contributed by atoms with E-state index >= 15 is 0 Å². The van der Waals surface area contributed by atoms with Crippen LogP contribution >= 0.6 is 0 Å². The van der Waals surface area contributed by atoms with Gasteiger partial charge in [0, 0.05) is 77.9 Å². The molecule has 0 amide bonds. The molecule has 20 rings (SSSR count). The summed E-state index contributed by atoms with van der Waals surface area (Å²) in [6.45, 7) is 14.0. The number of anilines is 6. The lowest BCUT2D eigenvalue weighted by atomic mass is 9.33. The molecular weight excluding hydrogens is 1320 g/mol. The number of fused-ring (bicyclic) bond motifs is 10. The Balaban J connectivity index is 0.958. The van der Waals surface area contributed by atoms with Crippen LogP contribution in [-0.4, -0.2) is 15.8 Å². The van der Waals surface area contributed by atoms with Gasteiger partial charge in [0.25, 0.3) is 6.71 Å². The molecule has 109 heavy (non-hydrogen) atoms. The fourth-order valence-corrected chi connectivity index (χ4v) is 18.5. The highest BCUT2D eigenvalue weighted by Gasteiger charge is 2.47. The van der Waals surface area contributed by atoms with Crippen LogP contribution < -0.4 is 26.2 Å². The second-order valence-electron chi connectivity index (χ2n) is 32.6. The first-order valence-corrected chi connectivity index (χ1v) is 39.2. The Bertz CT molecular complexity index is 6120. The van der Waals surface area contributed by atoms with Crippen LogP contribution in [-0.2, 0) is 10.8 Å². The minimum atomic E-state index is -0.229. The number of benzene rings is 15. The lowest BCUT2D eigenvalue weighted by molar-refractivity contribution is 0.444. The lowest BCUT2D eigenvalue weighted by Crippen LogP contribution is -2.61. The monoisotopic (exact) mass is 1400 g/mol. The third-order valence-corrected chi connectivity index (χ3v) is 24.0. The maximum absolute atomic E-state index is 2.79. The van der Waals surface area contributed by atoms with Crippen LogP contribution in [0.4, 0.5) is 34.1 Å². The van der Waals surface area contributed by atoms with Gasteiger partial charge in [0.15, 0.2) is 0 Å². The third-order valence-electron chi connectivity index (χ3n) is 24.0. The van der Waals surface area contributed by atoms with Crippen molar-refractivity contribution in [2.24, 2.45) is 0 Å². The van der Waals surface area contributed by atoms with E-state index in [1.54, 1.807) is 0 Å². The fourth-order valence-electron chi connectivity index (χ4n) is 18.5. The summed E-state index contributed by atoms with van der Waals surface area (Å²) in [5, 5.41) is 4.91. The molecule has 4 nitrogen and oxygen atoms in total. The number of aromatic nitrogens is 2. The zero-order valence-electron chi connectivity index (χ0n) is 62.8. The van der Waals surface area contributed by atoms with Gasteiger partial charge in [-0.05, 0) is 204 Å². The minimum absolute atomic E-state index is 0.186. The van der Waals surface area contributed by atoms with Crippen molar-refractivity contribution in [3.8, 4) is 78.1 Å². The molecule has 0 radical (unpaired) electrons. The predicted octanol–water partition coefficient (Wildman–Crippen LogP) is 26.6. The Morgan fingerprint density at radius 1 is 0.275 bits per heavy atom. The van der Waals surface area contributed by atoms with Gasteiger partial charge in [-0.2, -0.15) is 0 Å². The quantitative estimate of drug-likeness (QED) is 0.120. The second kappa shape index (κ2) is 26.2. The minimum Gasteiger partial charge on any atom is -0.310 e. The van der Waals surface area contributed by atoms with Crippen molar-refractivity contribution in [3.05, 3.63) is 356 Å². The maximum atomic E-state index is 2.79. The molecule has 1 fully saturated rings. The van der Waals surface area contributed by atoms with Crippen LogP contribution in [0.5, 0.6) is 0 Å². The molecule has 2 aliphatic heterocycles. The first-order valence-electron chi connectivity index (χ1n) is 39.2.